The van der Waals surface area contributed by atoms with Gasteiger partial charge in [0.1, 0.15) is 11.5 Å². The Morgan fingerprint density at radius 2 is 2.03 bits per heavy atom. The maximum atomic E-state index is 13.2. The Morgan fingerprint density at radius 1 is 1.27 bits per heavy atom. The van der Waals surface area contributed by atoms with Crippen LogP contribution in [0.2, 0.25) is 0 Å². The number of anilines is 1. The number of H-pyrrole nitrogens is 1. The van der Waals surface area contributed by atoms with Gasteiger partial charge in [-0.05, 0) is 56.3 Å². The number of carbonyl (C=O) groups is 2. The normalized spacial score (nSPS) is 15.2. The van der Waals surface area contributed by atoms with Crippen LogP contribution in [0.3, 0.4) is 0 Å². The summed E-state index contributed by atoms with van der Waals surface area (Å²) in [4.78, 5) is 32.8. The van der Waals surface area contributed by atoms with Gasteiger partial charge in [0, 0.05) is 29.0 Å². The van der Waals surface area contributed by atoms with Crippen molar-refractivity contribution in [3.05, 3.63) is 77.4 Å². The molecule has 152 valence electrons. The monoisotopic (exact) mass is 407 g/mol. The zero-order valence-electron chi connectivity index (χ0n) is 16.2. The number of halogens is 1. The van der Waals surface area contributed by atoms with Gasteiger partial charge in [-0.25, -0.2) is 14.2 Å². The van der Waals surface area contributed by atoms with Crippen molar-refractivity contribution < 1.29 is 23.5 Å². The molecule has 0 aliphatic carbocycles. The molecule has 0 amide bonds. The second-order valence-corrected chi connectivity index (χ2v) is 6.87. The largest absolute Gasteiger partial charge is 0.459 e. The predicted octanol–water partition coefficient (Wildman–Crippen LogP) is 3.92. The number of Topliss-reactive ketones (excluding diaryl/α,β-unsaturated/α-hetero) is 1. The molecule has 0 atom stereocenters. The first-order chi connectivity index (χ1) is 14.4. The molecule has 0 spiro atoms. The standard InChI is InChI=1S/C22H18FN3O4/c1-12(2)29-22(28)18-19(27)17(10-13-11-25-20-16(13)4-3-9-24-20)30-21(18)26-15-7-5-14(23)6-8-15/h3-12,26H,1-2H3,(H,24,25)/b17-10-. The van der Waals surface area contributed by atoms with E-state index in [0.717, 1.165) is 5.39 Å². The number of aromatic nitrogens is 2. The molecule has 0 bridgehead atoms. The van der Waals surface area contributed by atoms with Crippen LogP contribution in [0, 0.1) is 5.82 Å². The number of nitrogens with zero attached hydrogens (tertiary/aromatic N) is 1. The van der Waals surface area contributed by atoms with Gasteiger partial charge in [-0.1, -0.05) is 0 Å². The molecular formula is C22H18FN3O4. The third kappa shape index (κ3) is 3.80. The number of hydrogen-bond donors (Lipinski definition) is 2. The number of hydrogen-bond acceptors (Lipinski definition) is 6. The highest BCUT2D eigenvalue weighted by Gasteiger charge is 2.37. The first-order valence-corrected chi connectivity index (χ1v) is 9.26. The van der Waals surface area contributed by atoms with Crippen molar-refractivity contribution in [2.24, 2.45) is 0 Å². The van der Waals surface area contributed by atoms with Crippen LogP contribution in [-0.2, 0) is 19.1 Å². The number of rotatable bonds is 5. The smallest absolute Gasteiger partial charge is 0.348 e. The molecule has 2 N–H and O–H groups in total. The van der Waals surface area contributed by atoms with E-state index in [4.69, 9.17) is 9.47 Å². The van der Waals surface area contributed by atoms with Gasteiger partial charge >= 0.3 is 5.97 Å². The van der Waals surface area contributed by atoms with Crippen LogP contribution >= 0.6 is 0 Å². The Balaban J connectivity index is 1.70. The van der Waals surface area contributed by atoms with E-state index in [1.165, 1.54) is 30.3 Å². The molecule has 2 aromatic heterocycles. The Morgan fingerprint density at radius 3 is 2.77 bits per heavy atom. The molecule has 3 aromatic rings. The van der Waals surface area contributed by atoms with Crippen molar-refractivity contribution in [2.45, 2.75) is 20.0 Å². The van der Waals surface area contributed by atoms with Gasteiger partial charge in [0.05, 0.1) is 6.10 Å². The lowest BCUT2D eigenvalue weighted by atomic mass is 10.1. The third-order valence-corrected chi connectivity index (χ3v) is 4.31. The van der Waals surface area contributed by atoms with Gasteiger partial charge < -0.3 is 19.8 Å². The van der Waals surface area contributed by atoms with Crippen LogP contribution in [0.5, 0.6) is 0 Å². The van der Waals surface area contributed by atoms with E-state index in [9.17, 15) is 14.0 Å². The van der Waals surface area contributed by atoms with E-state index < -0.39 is 23.7 Å². The van der Waals surface area contributed by atoms with E-state index in [-0.39, 0.29) is 17.2 Å². The Bertz CT molecular complexity index is 1190. The van der Waals surface area contributed by atoms with Crippen molar-refractivity contribution in [3.8, 4) is 0 Å². The number of allylic oxidation sites excluding steroid dienone is 1. The number of benzene rings is 1. The zero-order chi connectivity index (χ0) is 21.3. The fourth-order valence-corrected chi connectivity index (χ4v) is 2.98. The highest BCUT2D eigenvalue weighted by Crippen LogP contribution is 2.30. The Hall–Kier alpha value is -3.94. The van der Waals surface area contributed by atoms with E-state index >= 15 is 0 Å². The number of aromatic amines is 1. The molecule has 8 heteroatoms. The van der Waals surface area contributed by atoms with Gasteiger partial charge in [-0.2, -0.15) is 0 Å². The van der Waals surface area contributed by atoms with Crippen molar-refractivity contribution in [1.29, 1.82) is 0 Å². The molecule has 1 aliphatic rings. The number of esters is 1. The third-order valence-electron chi connectivity index (χ3n) is 4.31. The first kappa shape index (κ1) is 19.4. The minimum atomic E-state index is -0.802. The van der Waals surface area contributed by atoms with Gasteiger partial charge in [-0.15, -0.1) is 0 Å². The van der Waals surface area contributed by atoms with Crippen molar-refractivity contribution in [3.63, 3.8) is 0 Å². The van der Waals surface area contributed by atoms with Crippen molar-refractivity contribution >= 4 is 34.5 Å². The zero-order valence-corrected chi connectivity index (χ0v) is 16.2. The number of nitrogens with one attached hydrogen (secondary N) is 2. The van der Waals surface area contributed by atoms with E-state index in [1.807, 2.05) is 6.07 Å². The summed E-state index contributed by atoms with van der Waals surface area (Å²) in [5.41, 5.74) is 1.54. The summed E-state index contributed by atoms with van der Waals surface area (Å²) in [5, 5.41) is 3.66. The Kier molecular flexibility index (Phi) is 5.05. The number of ether oxygens (including phenoxy) is 2. The minimum Gasteiger partial charge on any atom is -0.459 e. The van der Waals surface area contributed by atoms with Crippen LogP contribution in [0.1, 0.15) is 19.4 Å². The van der Waals surface area contributed by atoms with Crippen LogP contribution in [0.25, 0.3) is 17.1 Å². The fourth-order valence-electron chi connectivity index (χ4n) is 2.98. The number of fused-ring (bicyclic) bond motifs is 1. The summed E-state index contributed by atoms with van der Waals surface area (Å²) >= 11 is 0. The molecular weight excluding hydrogens is 389 g/mol. The van der Waals surface area contributed by atoms with Gasteiger partial charge in [0.2, 0.25) is 11.7 Å². The van der Waals surface area contributed by atoms with Gasteiger partial charge in [0.15, 0.2) is 11.3 Å². The fraction of sp³-hybridized carbons (Fsp3) is 0.136. The van der Waals surface area contributed by atoms with E-state index in [1.54, 1.807) is 32.3 Å². The van der Waals surface area contributed by atoms with Crippen molar-refractivity contribution in [1.82, 2.24) is 9.97 Å². The second kappa shape index (κ2) is 7.82. The highest BCUT2D eigenvalue weighted by molar-refractivity contribution is 6.26. The summed E-state index contributed by atoms with van der Waals surface area (Å²) in [6.45, 7) is 3.36. The molecule has 0 unspecified atom stereocenters. The SMILES string of the molecule is CC(C)OC(=O)C1=C(Nc2ccc(F)cc2)O/C(=C\c2c[nH]c3ncccc23)C1=O. The maximum Gasteiger partial charge on any atom is 0.348 e. The van der Waals surface area contributed by atoms with E-state index in [2.05, 4.69) is 15.3 Å². The van der Waals surface area contributed by atoms with Crippen molar-refractivity contribution in [2.75, 3.05) is 5.32 Å². The molecule has 4 rings (SSSR count). The molecule has 0 saturated heterocycles. The maximum absolute atomic E-state index is 13.2. The minimum absolute atomic E-state index is 0.0416. The quantitative estimate of drug-likeness (QED) is 0.378. The van der Waals surface area contributed by atoms with Crippen LogP contribution in [0.15, 0.2) is 66.0 Å². The molecule has 0 saturated carbocycles. The lowest BCUT2D eigenvalue weighted by Gasteiger charge is -2.10. The highest BCUT2D eigenvalue weighted by atomic mass is 19.1. The number of pyridine rings is 1. The lowest BCUT2D eigenvalue weighted by molar-refractivity contribution is -0.143. The molecule has 1 aromatic carbocycles. The summed E-state index contributed by atoms with van der Waals surface area (Å²) in [6, 6.07) is 9.07. The molecule has 1 aliphatic heterocycles. The van der Waals surface area contributed by atoms with Crippen LogP contribution in [-0.4, -0.2) is 27.8 Å². The molecule has 30 heavy (non-hydrogen) atoms. The summed E-state index contributed by atoms with van der Waals surface area (Å²) in [7, 11) is 0. The molecule has 7 nitrogen and oxygen atoms in total. The van der Waals surface area contributed by atoms with Crippen LogP contribution in [0.4, 0.5) is 10.1 Å². The van der Waals surface area contributed by atoms with Gasteiger partial charge in [0.25, 0.3) is 0 Å². The molecule has 0 radical (unpaired) electrons. The molecule has 3 heterocycles. The topological polar surface area (TPSA) is 93.3 Å². The second-order valence-electron chi connectivity index (χ2n) is 6.87. The average Bonchev–Trinajstić information content (AvgIpc) is 3.25. The lowest BCUT2D eigenvalue weighted by Crippen LogP contribution is -2.19. The number of carbonyl (C=O) groups excluding carboxylic acids is 2. The summed E-state index contributed by atoms with van der Waals surface area (Å²) in [6.07, 6.45) is 4.46. The van der Waals surface area contributed by atoms with Gasteiger partial charge in [-0.3, -0.25) is 4.79 Å². The summed E-state index contributed by atoms with van der Waals surface area (Å²) < 4.78 is 24.1. The average molecular weight is 407 g/mol. The van der Waals surface area contributed by atoms with Crippen LogP contribution < -0.4 is 5.32 Å². The first-order valence-electron chi connectivity index (χ1n) is 9.26. The van der Waals surface area contributed by atoms with E-state index in [0.29, 0.717) is 16.9 Å². The number of ketones is 1. The summed E-state index contributed by atoms with van der Waals surface area (Å²) in [5.74, 6) is -1.93. The Labute approximate surface area is 171 Å². The molecule has 0 fully saturated rings. The predicted molar refractivity (Wildman–Crippen MR) is 108 cm³/mol.